The van der Waals surface area contributed by atoms with Crippen LogP contribution in [0.4, 0.5) is 0 Å². The Morgan fingerprint density at radius 3 is 1.64 bits per heavy atom. The van der Waals surface area contributed by atoms with Crippen LogP contribution in [-0.2, 0) is 0 Å². The van der Waals surface area contributed by atoms with Crippen LogP contribution in [-0.4, -0.2) is 15.0 Å². The Hall–Kier alpha value is -7.21. The zero-order chi connectivity index (χ0) is 37.0. The van der Waals surface area contributed by atoms with Crippen molar-refractivity contribution in [2.24, 2.45) is 0 Å². The maximum Gasteiger partial charge on any atom is 0.164 e. The molecule has 0 unspecified atom stereocenters. The number of fused-ring (bicyclic) bond motifs is 6. The number of furan rings is 1. The fraction of sp³-hybridized carbons (Fsp3) is 0. The molecule has 0 amide bonds. The second-order valence-electron chi connectivity index (χ2n) is 14.0. The molecule has 0 spiro atoms. The first-order chi connectivity index (χ1) is 27.7. The quantitative estimate of drug-likeness (QED) is 0.171. The second kappa shape index (κ2) is 13.3. The van der Waals surface area contributed by atoms with E-state index in [1.54, 1.807) is 0 Å². The van der Waals surface area contributed by atoms with Crippen LogP contribution in [0.1, 0.15) is 0 Å². The Balaban J connectivity index is 1.05. The zero-order valence-electron chi connectivity index (χ0n) is 30.1. The van der Waals surface area contributed by atoms with Gasteiger partial charge in [-0.15, -0.1) is 11.3 Å². The van der Waals surface area contributed by atoms with Crippen molar-refractivity contribution >= 4 is 53.4 Å². The van der Waals surface area contributed by atoms with Crippen LogP contribution in [0.3, 0.4) is 0 Å². The molecule has 0 saturated carbocycles. The van der Waals surface area contributed by atoms with Gasteiger partial charge in [0.15, 0.2) is 17.5 Å². The summed E-state index contributed by atoms with van der Waals surface area (Å²) in [7, 11) is 0. The van der Waals surface area contributed by atoms with E-state index in [4.69, 9.17) is 19.4 Å². The third kappa shape index (κ3) is 5.56. The van der Waals surface area contributed by atoms with E-state index in [9.17, 15) is 0 Å². The molecule has 3 aromatic heterocycles. The molecule has 11 aromatic rings. The maximum absolute atomic E-state index is 6.76. The lowest BCUT2D eigenvalue weighted by Crippen LogP contribution is -2.00. The molecule has 0 aliphatic heterocycles. The van der Waals surface area contributed by atoms with Crippen LogP contribution < -0.4 is 0 Å². The minimum absolute atomic E-state index is 0.622. The van der Waals surface area contributed by atoms with E-state index in [-0.39, 0.29) is 0 Å². The molecule has 262 valence electrons. The number of hydrogen-bond acceptors (Lipinski definition) is 5. The number of para-hydroxylation sites is 1. The number of thiophene rings is 1. The van der Waals surface area contributed by atoms with Crippen molar-refractivity contribution in [3.8, 4) is 67.5 Å². The summed E-state index contributed by atoms with van der Waals surface area (Å²) < 4.78 is 9.32. The molecular formula is C51H31N3OS. The van der Waals surface area contributed by atoms with Crippen LogP contribution in [0.5, 0.6) is 0 Å². The predicted octanol–water partition coefficient (Wildman–Crippen LogP) is 14.1. The molecule has 5 heteroatoms. The van der Waals surface area contributed by atoms with Crippen LogP contribution >= 0.6 is 11.3 Å². The predicted molar refractivity (Wildman–Crippen MR) is 233 cm³/mol. The van der Waals surface area contributed by atoms with Crippen molar-refractivity contribution in [2.75, 3.05) is 0 Å². The van der Waals surface area contributed by atoms with Crippen molar-refractivity contribution in [1.29, 1.82) is 0 Å². The molecule has 11 rings (SSSR count). The van der Waals surface area contributed by atoms with Gasteiger partial charge in [-0.1, -0.05) is 152 Å². The summed E-state index contributed by atoms with van der Waals surface area (Å²) in [5.41, 5.74) is 11.3. The SMILES string of the molecule is c1ccc(-c2ccc3c(c2)sc2ccc(-c4ccc(-c5cccc(-c6nc(-c7ccccc7)nc(-c7ccccc7)n6)c5)c5c4oc4ccccc45)cc23)cc1. The zero-order valence-corrected chi connectivity index (χ0v) is 30.9. The van der Waals surface area contributed by atoms with Crippen molar-refractivity contribution in [2.45, 2.75) is 0 Å². The van der Waals surface area contributed by atoms with Gasteiger partial charge < -0.3 is 4.42 Å². The standard InChI is InChI=1S/C51H31N3OS/c1-4-13-32(14-5-1)35-23-25-41-43-30-37(24-28-45(43)56-46(41)31-35)40-27-26-39(47-42-21-10-11-22-44(42)55-48(40)47)36-19-12-20-38(29-36)51-53-49(33-15-6-2-7-16-33)52-50(54-51)34-17-8-3-9-18-34/h1-31H. The molecule has 4 nitrogen and oxygen atoms in total. The van der Waals surface area contributed by atoms with Crippen LogP contribution in [0.15, 0.2) is 192 Å². The number of hydrogen-bond donors (Lipinski definition) is 0. The van der Waals surface area contributed by atoms with E-state index in [0.717, 1.165) is 60.9 Å². The highest BCUT2D eigenvalue weighted by atomic mass is 32.1. The lowest BCUT2D eigenvalue weighted by molar-refractivity contribution is 0.670. The summed E-state index contributed by atoms with van der Waals surface area (Å²) >= 11 is 1.84. The minimum atomic E-state index is 0.622. The van der Waals surface area contributed by atoms with Crippen molar-refractivity contribution < 1.29 is 4.42 Å². The summed E-state index contributed by atoms with van der Waals surface area (Å²) in [6, 6.07) is 65.7. The first-order valence-electron chi connectivity index (χ1n) is 18.7. The molecule has 0 fully saturated rings. The molecule has 0 bridgehead atoms. The van der Waals surface area contributed by atoms with Gasteiger partial charge in [0.05, 0.1) is 0 Å². The smallest absolute Gasteiger partial charge is 0.164 e. The largest absolute Gasteiger partial charge is 0.455 e. The van der Waals surface area contributed by atoms with Gasteiger partial charge in [0.25, 0.3) is 0 Å². The number of aromatic nitrogens is 3. The summed E-state index contributed by atoms with van der Waals surface area (Å²) in [5, 5.41) is 4.69. The number of rotatable bonds is 6. The third-order valence-electron chi connectivity index (χ3n) is 10.5. The summed E-state index contributed by atoms with van der Waals surface area (Å²) in [4.78, 5) is 14.9. The van der Waals surface area contributed by atoms with Gasteiger partial charge in [0.1, 0.15) is 11.2 Å². The molecule has 0 aliphatic carbocycles. The van der Waals surface area contributed by atoms with Gasteiger partial charge in [-0.3, -0.25) is 0 Å². The molecule has 8 aromatic carbocycles. The normalized spacial score (nSPS) is 11.6. The Labute approximate surface area is 327 Å². The molecular weight excluding hydrogens is 703 g/mol. The van der Waals surface area contributed by atoms with E-state index in [2.05, 4.69) is 121 Å². The maximum atomic E-state index is 6.76. The molecule has 56 heavy (non-hydrogen) atoms. The highest BCUT2D eigenvalue weighted by Crippen LogP contribution is 2.44. The lowest BCUT2D eigenvalue weighted by Gasteiger charge is -2.11. The van der Waals surface area contributed by atoms with Gasteiger partial charge in [-0.2, -0.15) is 0 Å². The molecule has 0 atom stereocenters. The van der Waals surface area contributed by atoms with E-state index in [1.165, 1.54) is 31.3 Å². The average molecular weight is 734 g/mol. The molecule has 0 saturated heterocycles. The van der Waals surface area contributed by atoms with Gasteiger partial charge in [0.2, 0.25) is 0 Å². The van der Waals surface area contributed by atoms with E-state index in [1.807, 2.05) is 78.1 Å². The minimum Gasteiger partial charge on any atom is -0.455 e. The van der Waals surface area contributed by atoms with Gasteiger partial charge >= 0.3 is 0 Å². The first-order valence-corrected chi connectivity index (χ1v) is 19.5. The second-order valence-corrected chi connectivity index (χ2v) is 15.1. The van der Waals surface area contributed by atoms with Gasteiger partial charge in [0, 0.05) is 53.2 Å². The number of nitrogens with zero attached hydrogens (tertiary/aromatic N) is 3. The monoisotopic (exact) mass is 733 g/mol. The Bertz CT molecular complexity index is 3180. The molecule has 0 aliphatic rings. The van der Waals surface area contributed by atoms with Crippen molar-refractivity contribution in [3.63, 3.8) is 0 Å². The van der Waals surface area contributed by atoms with Crippen LogP contribution in [0.25, 0.3) is 110 Å². The fourth-order valence-electron chi connectivity index (χ4n) is 7.81. The summed E-state index contributed by atoms with van der Waals surface area (Å²) in [6.07, 6.45) is 0. The van der Waals surface area contributed by atoms with Crippen LogP contribution in [0.2, 0.25) is 0 Å². The van der Waals surface area contributed by atoms with E-state index in [0.29, 0.717) is 17.5 Å². The van der Waals surface area contributed by atoms with E-state index >= 15 is 0 Å². The Morgan fingerprint density at radius 2 is 0.911 bits per heavy atom. The molecule has 0 N–H and O–H groups in total. The third-order valence-corrected chi connectivity index (χ3v) is 11.7. The van der Waals surface area contributed by atoms with E-state index < -0.39 is 0 Å². The Kier molecular flexibility index (Phi) is 7.64. The van der Waals surface area contributed by atoms with Gasteiger partial charge in [-0.05, 0) is 64.2 Å². The topological polar surface area (TPSA) is 51.8 Å². The Morgan fingerprint density at radius 1 is 0.339 bits per heavy atom. The highest BCUT2D eigenvalue weighted by Gasteiger charge is 2.19. The lowest BCUT2D eigenvalue weighted by atomic mass is 9.93. The van der Waals surface area contributed by atoms with Crippen LogP contribution in [0, 0.1) is 0 Å². The van der Waals surface area contributed by atoms with Crippen molar-refractivity contribution in [3.05, 3.63) is 188 Å². The van der Waals surface area contributed by atoms with Gasteiger partial charge in [-0.25, -0.2) is 15.0 Å². The summed E-state index contributed by atoms with van der Waals surface area (Å²) in [5.74, 6) is 1.90. The fourth-order valence-corrected chi connectivity index (χ4v) is 8.94. The molecule has 0 radical (unpaired) electrons. The van der Waals surface area contributed by atoms with Crippen molar-refractivity contribution in [1.82, 2.24) is 15.0 Å². The average Bonchev–Trinajstić information content (AvgIpc) is 3.85. The summed E-state index contributed by atoms with van der Waals surface area (Å²) in [6.45, 7) is 0. The first kappa shape index (κ1) is 32.2. The number of benzene rings is 8. The molecule has 3 heterocycles. The highest BCUT2D eigenvalue weighted by molar-refractivity contribution is 7.25.